The van der Waals surface area contributed by atoms with E-state index < -0.39 is 22.9 Å². The van der Waals surface area contributed by atoms with Gasteiger partial charge in [-0.25, -0.2) is 9.18 Å². The maximum Gasteiger partial charge on any atom is 0.349 e. The Labute approximate surface area is 93.7 Å². The fraction of sp³-hybridized carbons (Fsp3) is 0.300. The lowest BCUT2D eigenvalue weighted by atomic mass is 10.3. The van der Waals surface area contributed by atoms with Crippen molar-refractivity contribution in [1.29, 1.82) is 0 Å². The van der Waals surface area contributed by atoms with Crippen molar-refractivity contribution in [3.05, 3.63) is 38.7 Å². The van der Waals surface area contributed by atoms with E-state index in [0.29, 0.717) is 0 Å². The van der Waals surface area contributed by atoms with Crippen LogP contribution in [-0.4, -0.2) is 14.5 Å². The van der Waals surface area contributed by atoms with Crippen LogP contribution in [0, 0.1) is 11.6 Å². The van der Waals surface area contributed by atoms with Crippen LogP contribution in [-0.2, 0) is 0 Å². The average Bonchev–Trinajstić information content (AvgIpc) is 2.25. The zero-order valence-electron chi connectivity index (χ0n) is 9.12. The second-order valence-corrected chi connectivity index (χ2v) is 3.87. The standard InChI is InChI=1S/C10H9F2N3O2/c1-4(2)15-3-5-6(11)7(12)9(16)13-8(5)14-10(15)17/h3-4H,1-2H3,(H,13,14,16,17). The van der Waals surface area contributed by atoms with E-state index in [1.54, 1.807) is 13.8 Å². The summed E-state index contributed by atoms with van der Waals surface area (Å²) in [5.74, 6) is -2.81. The lowest BCUT2D eigenvalue weighted by molar-refractivity contribution is 0.501. The monoisotopic (exact) mass is 241 g/mol. The number of H-pyrrole nitrogens is 1. The van der Waals surface area contributed by atoms with E-state index in [9.17, 15) is 18.4 Å². The molecule has 0 aromatic carbocycles. The summed E-state index contributed by atoms with van der Waals surface area (Å²) in [6, 6.07) is -0.242. The summed E-state index contributed by atoms with van der Waals surface area (Å²) >= 11 is 0. The van der Waals surface area contributed by atoms with Gasteiger partial charge in [0.2, 0.25) is 5.82 Å². The molecule has 0 amide bonds. The molecule has 5 nitrogen and oxygen atoms in total. The fourth-order valence-corrected chi connectivity index (χ4v) is 1.48. The van der Waals surface area contributed by atoms with Gasteiger partial charge in [0.25, 0.3) is 5.56 Å². The van der Waals surface area contributed by atoms with Crippen LogP contribution in [0.2, 0.25) is 0 Å². The SMILES string of the molecule is CC(C)n1cc2c(F)c(F)c(=O)[nH]c2nc1=O. The number of aromatic amines is 1. The van der Waals surface area contributed by atoms with Crippen LogP contribution in [0.1, 0.15) is 19.9 Å². The molecule has 17 heavy (non-hydrogen) atoms. The molecule has 0 bridgehead atoms. The molecular weight excluding hydrogens is 232 g/mol. The molecule has 0 saturated carbocycles. The third-order valence-electron chi connectivity index (χ3n) is 2.37. The Morgan fingerprint density at radius 2 is 1.94 bits per heavy atom. The summed E-state index contributed by atoms with van der Waals surface area (Å²) < 4.78 is 27.7. The third-order valence-corrected chi connectivity index (χ3v) is 2.37. The molecule has 2 rings (SSSR count). The minimum absolute atomic E-state index is 0.226. The van der Waals surface area contributed by atoms with Crippen molar-refractivity contribution >= 4 is 11.0 Å². The molecule has 0 saturated heterocycles. The molecule has 0 aliphatic rings. The summed E-state index contributed by atoms with van der Waals surface area (Å²) in [5, 5.41) is -0.226. The van der Waals surface area contributed by atoms with Gasteiger partial charge in [-0.15, -0.1) is 0 Å². The number of nitrogens with one attached hydrogen (secondary N) is 1. The Balaban J connectivity index is 2.95. The first-order valence-electron chi connectivity index (χ1n) is 4.92. The lowest BCUT2D eigenvalue weighted by Gasteiger charge is -2.09. The van der Waals surface area contributed by atoms with Gasteiger partial charge in [-0.3, -0.25) is 9.36 Å². The molecule has 2 aromatic heterocycles. The quantitative estimate of drug-likeness (QED) is 0.808. The van der Waals surface area contributed by atoms with Gasteiger partial charge in [0.15, 0.2) is 11.5 Å². The Bertz CT molecular complexity index is 703. The highest BCUT2D eigenvalue weighted by atomic mass is 19.2. The number of aromatic nitrogens is 3. The Kier molecular flexibility index (Phi) is 2.53. The van der Waals surface area contributed by atoms with Crippen molar-refractivity contribution in [1.82, 2.24) is 14.5 Å². The van der Waals surface area contributed by atoms with E-state index in [2.05, 4.69) is 4.98 Å². The van der Waals surface area contributed by atoms with E-state index in [1.165, 1.54) is 0 Å². The van der Waals surface area contributed by atoms with Gasteiger partial charge >= 0.3 is 5.69 Å². The second kappa shape index (κ2) is 3.76. The molecular formula is C10H9F2N3O2. The number of fused-ring (bicyclic) bond motifs is 1. The van der Waals surface area contributed by atoms with Crippen molar-refractivity contribution in [2.45, 2.75) is 19.9 Å². The minimum atomic E-state index is -1.51. The highest BCUT2D eigenvalue weighted by Crippen LogP contribution is 2.13. The van der Waals surface area contributed by atoms with Crippen LogP contribution < -0.4 is 11.2 Å². The Hall–Kier alpha value is -2.05. The lowest BCUT2D eigenvalue weighted by Crippen LogP contribution is -2.26. The normalized spacial score (nSPS) is 11.4. The van der Waals surface area contributed by atoms with Gasteiger partial charge in [-0.2, -0.15) is 9.37 Å². The largest absolute Gasteiger partial charge is 0.349 e. The number of hydrogen-bond acceptors (Lipinski definition) is 3. The summed E-state index contributed by atoms with van der Waals surface area (Å²) in [5.41, 5.74) is -2.12. The predicted molar refractivity (Wildman–Crippen MR) is 56.9 cm³/mol. The second-order valence-electron chi connectivity index (χ2n) is 3.87. The maximum atomic E-state index is 13.5. The molecule has 7 heteroatoms. The summed E-state index contributed by atoms with van der Waals surface area (Å²) in [6.07, 6.45) is 1.14. The van der Waals surface area contributed by atoms with E-state index >= 15 is 0 Å². The van der Waals surface area contributed by atoms with Gasteiger partial charge < -0.3 is 4.98 Å². The third kappa shape index (κ3) is 1.73. The molecule has 90 valence electrons. The zero-order chi connectivity index (χ0) is 12.7. The molecule has 0 fully saturated rings. The van der Waals surface area contributed by atoms with Crippen molar-refractivity contribution in [3.63, 3.8) is 0 Å². The van der Waals surface area contributed by atoms with Crippen molar-refractivity contribution in [2.24, 2.45) is 0 Å². The highest BCUT2D eigenvalue weighted by Gasteiger charge is 2.15. The molecule has 2 heterocycles. The maximum absolute atomic E-state index is 13.5. The van der Waals surface area contributed by atoms with Crippen LogP contribution >= 0.6 is 0 Å². The van der Waals surface area contributed by atoms with Crippen molar-refractivity contribution in [2.75, 3.05) is 0 Å². The van der Waals surface area contributed by atoms with E-state index in [1.807, 2.05) is 4.98 Å². The van der Waals surface area contributed by atoms with Crippen molar-refractivity contribution < 1.29 is 8.78 Å². The molecule has 0 unspecified atom stereocenters. The number of pyridine rings is 1. The summed E-state index contributed by atoms with van der Waals surface area (Å²) in [4.78, 5) is 28.0. The molecule has 2 aromatic rings. The molecule has 1 N–H and O–H groups in total. The van der Waals surface area contributed by atoms with Crippen LogP contribution in [0.5, 0.6) is 0 Å². The first kappa shape index (κ1) is 11.4. The number of hydrogen-bond donors (Lipinski definition) is 1. The smallest absolute Gasteiger partial charge is 0.304 e. The Morgan fingerprint density at radius 3 is 2.53 bits per heavy atom. The first-order valence-corrected chi connectivity index (χ1v) is 4.92. The molecule has 0 aliphatic carbocycles. The van der Waals surface area contributed by atoms with E-state index in [-0.39, 0.29) is 17.1 Å². The number of halogens is 2. The van der Waals surface area contributed by atoms with E-state index in [4.69, 9.17) is 0 Å². The Morgan fingerprint density at radius 1 is 1.29 bits per heavy atom. The average molecular weight is 241 g/mol. The van der Waals surface area contributed by atoms with Gasteiger partial charge in [0, 0.05) is 12.2 Å². The minimum Gasteiger partial charge on any atom is -0.304 e. The number of nitrogens with zero attached hydrogens (tertiary/aromatic N) is 2. The van der Waals surface area contributed by atoms with Crippen molar-refractivity contribution in [3.8, 4) is 0 Å². The highest BCUT2D eigenvalue weighted by molar-refractivity contribution is 5.73. The molecule has 0 atom stereocenters. The van der Waals surface area contributed by atoms with Crippen LogP contribution in [0.15, 0.2) is 15.8 Å². The fourth-order valence-electron chi connectivity index (χ4n) is 1.48. The van der Waals surface area contributed by atoms with Gasteiger partial charge in [0.1, 0.15) is 0 Å². The summed E-state index contributed by atoms with van der Waals surface area (Å²) in [7, 11) is 0. The van der Waals surface area contributed by atoms with Crippen LogP contribution in [0.4, 0.5) is 8.78 Å². The predicted octanol–water partition coefficient (Wildman–Crippen LogP) is 0.944. The molecule has 0 radical (unpaired) electrons. The van der Waals surface area contributed by atoms with Crippen LogP contribution in [0.25, 0.3) is 11.0 Å². The van der Waals surface area contributed by atoms with Gasteiger partial charge in [-0.1, -0.05) is 0 Å². The molecule has 0 aliphatic heterocycles. The zero-order valence-corrected chi connectivity index (χ0v) is 9.12. The summed E-state index contributed by atoms with van der Waals surface area (Å²) in [6.45, 7) is 3.41. The van der Waals surface area contributed by atoms with Crippen LogP contribution in [0.3, 0.4) is 0 Å². The van der Waals surface area contributed by atoms with Gasteiger partial charge in [0.05, 0.1) is 5.39 Å². The van der Waals surface area contributed by atoms with Gasteiger partial charge in [-0.05, 0) is 13.8 Å². The molecule has 0 spiro atoms. The topological polar surface area (TPSA) is 67.8 Å². The number of rotatable bonds is 1. The first-order chi connectivity index (χ1) is 7.91. The van der Waals surface area contributed by atoms with E-state index in [0.717, 1.165) is 10.8 Å².